The van der Waals surface area contributed by atoms with Crippen molar-refractivity contribution in [2.45, 2.75) is 18.9 Å². The van der Waals surface area contributed by atoms with Gasteiger partial charge < -0.3 is 19.6 Å². The fourth-order valence-electron chi connectivity index (χ4n) is 2.83. The van der Waals surface area contributed by atoms with Gasteiger partial charge in [-0.05, 0) is 31.5 Å². The summed E-state index contributed by atoms with van der Waals surface area (Å²) in [5.74, 6) is 0. The zero-order chi connectivity index (χ0) is 14.4. The molecule has 0 aliphatic carbocycles. The largest absolute Gasteiger partial charge is 0.389 e. The second kappa shape index (κ2) is 7.62. The second-order valence-corrected chi connectivity index (χ2v) is 5.59. The van der Waals surface area contributed by atoms with Crippen LogP contribution >= 0.6 is 0 Å². The maximum atomic E-state index is 9.73. The van der Waals surface area contributed by atoms with Gasteiger partial charge in [0.05, 0.1) is 12.7 Å². The van der Waals surface area contributed by atoms with Gasteiger partial charge in [0.15, 0.2) is 0 Å². The number of hydrogen-bond acceptors (Lipinski definition) is 4. The van der Waals surface area contributed by atoms with E-state index in [1.807, 2.05) is 0 Å². The molecule has 4 nitrogen and oxygen atoms in total. The van der Waals surface area contributed by atoms with Gasteiger partial charge in [-0.1, -0.05) is 18.2 Å². The lowest BCUT2D eigenvalue weighted by Gasteiger charge is -2.33. The minimum Gasteiger partial charge on any atom is -0.389 e. The maximum absolute atomic E-state index is 9.73. The summed E-state index contributed by atoms with van der Waals surface area (Å²) in [5.41, 5.74) is 2.84. The first-order chi connectivity index (χ1) is 9.70. The summed E-state index contributed by atoms with van der Waals surface area (Å²) < 4.78 is 4.96. The minimum absolute atomic E-state index is 0.400. The molecule has 1 aromatic rings. The number of aliphatic hydroxyl groups is 1. The van der Waals surface area contributed by atoms with Crippen LogP contribution in [0.2, 0.25) is 0 Å². The van der Waals surface area contributed by atoms with Crippen molar-refractivity contribution in [1.29, 1.82) is 0 Å². The first kappa shape index (κ1) is 15.3. The molecule has 0 fully saturated rings. The maximum Gasteiger partial charge on any atom is 0.0899 e. The molecule has 0 saturated carbocycles. The number of aryl methyl sites for hydroxylation is 1. The molecular formula is C16H26N2O2. The number of hydrogen-bond donors (Lipinski definition) is 1. The third-order valence-electron chi connectivity index (χ3n) is 3.84. The van der Waals surface area contributed by atoms with Crippen LogP contribution in [-0.2, 0) is 11.2 Å². The molecule has 1 heterocycles. The zero-order valence-corrected chi connectivity index (χ0v) is 12.6. The predicted molar refractivity (Wildman–Crippen MR) is 82.4 cm³/mol. The summed E-state index contributed by atoms with van der Waals surface area (Å²) in [5, 5.41) is 9.73. The van der Waals surface area contributed by atoms with E-state index in [2.05, 4.69) is 41.1 Å². The molecule has 0 amide bonds. The number of likely N-dealkylation sites (N-methyl/N-ethyl adjacent to an activating group) is 1. The number of fused-ring (bicyclic) bond motifs is 1. The highest BCUT2D eigenvalue weighted by Gasteiger charge is 2.16. The number of ether oxygens (including phenoxy) is 1. The summed E-state index contributed by atoms with van der Waals surface area (Å²) in [6.07, 6.45) is 2.01. The number of benzene rings is 1. The number of methoxy groups -OCH3 is 1. The third kappa shape index (κ3) is 4.20. The fourth-order valence-corrected chi connectivity index (χ4v) is 2.83. The van der Waals surface area contributed by atoms with Gasteiger partial charge in [0.2, 0.25) is 0 Å². The summed E-state index contributed by atoms with van der Waals surface area (Å²) in [7, 11) is 3.67. The SMILES string of the molecule is COCC(O)CN(C)CCN1CCCc2ccccc21. The van der Waals surface area contributed by atoms with Gasteiger partial charge in [-0.3, -0.25) is 0 Å². The quantitative estimate of drug-likeness (QED) is 0.817. The van der Waals surface area contributed by atoms with Crippen LogP contribution in [0.3, 0.4) is 0 Å². The van der Waals surface area contributed by atoms with E-state index >= 15 is 0 Å². The molecule has 0 spiro atoms. The van der Waals surface area contributed by atoms with Crippen LogP contribution in [-0.4, -0.2) is 63.1 Å². The summed E-state index contributed by atoms with van der Waals surface area (Å²) >= 11 is 0. The molecule has 1 unspecified atom stereocenters. The highest BCUT2D eigenvalue weighted by Crippen LogP contribution is 2.26. The molecule has 1 atom stereocenters. The van der Waals surface area contributed by atoms with Crippen LogP contribution in [0.1, 0.15) is 12.0 Å². The van der Waals surface area contributed by atoms with E-state index in [0.717, 1.165) is 19.6 Å². The molecule has 1 aromatic carbocycles. The first-order valence-corrected chi connectivity index (χ1v) is 7.39. The molecule has 1 N–H and O–H groups in total. The first-order valence-electron chi connectivity index (χ1n) is 7.39. The van der Waals surface area contributed by atoms with Crippen LogP contribution in [0.15, 0.2) is 24.3 Å². The second-order valence-electron chi connectivity index (χ2n) is 5.59. The predicted octanol–water partition coefficient (Wildman–Crippen LogP) is 1.38. The van der Waals surface area contributed by atoms with E-state index in [-0.39, 0.29) is 0 Å². The number of para-hydroxylation sites is 1. The molecule has 0 saturated heterocycles. The van der Waals surface area contributed by atoms with E-state index in [1.165, 1.54) is 24.1 Å². The highest BCUT2D eigenvalue weighted by atomic mass is 16.5. The molecular weight excluding hydrogens is 252 g/mol. The van der Waals surface area contributed by atoms with Gasteiger partial charge in [0.1, 0.15) is 0 Å². The van der Waals surface area contributed by atoms with E-state index in [4.69, 9.17) is 4.74 Å². The van der Waals surface area contributed by atoms with Crippen LogP contribution in [0.25, 0.3) is 0 Å². The Kier molecular flexibility index (Phi) is 5.83. The average Bonchev–Trinajstić information content (AvgIpc) is 2.45. The van der Waals surface area contributed by atoms with Crippen molar-refractivity contribution in [1.82, 2.24) is 4.90 Å². The number of nitrogens with zero attached hydrogens (tertiary/aromatic N) is 2. The Morgan fingerprint density at radius 2 is 2.20 bits per heavy atom. The van der Waals surface area contributed by atoms with Crippen molar-refractivity contribution in [3.05, 3.63) is 29.8 Å². The number of aliphatic hydroxyl groups excluding tert-OH is 1. The van der Waals surface area contributed by atoms with E-state index in [0.29, 0.717) is 13.2 Å². The Morgan fingerprint density at radius 3 is 3.00 bits per heavy atom. The molecule has 0 radical (unpaired) electrons. The summed E-state index contributed by atoms with van der Waals surface area (Å²) in [4.78, 5) is 4.62. The molecule has 2 rings (SSSR count). The smallest absolute Gasteiger partial charge is 0.0899 e. The van der Waals surface area contributed by atoms with Crippen molar-refractivity contribution in [3.63, 3.8) is 0 Å². The van der Waals surface area contributed by atoms with Crippen molar-refractivity contribution < 1.29 is 9.84 Å². The number of anilines is 1. The highest BCUT2D eigenvalue weighted by molar-refractivity contribution is 5.55. The van der Waals surface area contributed by atoms with Crippen LogP contribution in [0, 0.1) is 0 Å². The lowest BCUT2D eigenvalue weighted by Crippen LogP contribution is -2.39. The van der Waals surface area contributed by atoms with Crippen molar-refractivity contribution in [2.75, 3.05) is 51.8 Å². The van der Waals surface area contributed by atoms with Crippen molar-refractivity contribution in [2.24, 2.45) is 0 Å². The average molecular weight is 278 g/mol. The molecule has 0 bridgehead atoms. The fraction of sp³-hybridized carbons (Fsp3) is 0.625. The minimum atomic E-state index is -0.404. The Morgan fingerprint density at radius 1 is 1.40 bits per heavy atom. The molecule has 1 aliphatic rings. The van der Waals surface area contributed by atoms with Crippen LogP contribution < -0.4 is 4.90 Å². The van der Waals surface area contributed by atoms with Crippen molar-refractivity contribution >= 4 is 5.69 Å². The molecule has 4 heteroatoms. The van der Waals surface area contributed by atoms with Gasteiger partial charge in [-0.25, -0.2) is 0 Å². The van der Waals surface area contributed by atoms with Gasteiger partial charge in [-0.15, -0.1) is 0 Å². The zero-order valence-electron chi connectivity index (χ0n) is 12.6. The lowest BCUT2D eigenvalue weighted by atomic mass is 10.0. The van der Waals surface area contributed by atoms with Gasteiger partial charge in [-0.2, -0.15) is 0 Å². The summed E-state index contributed by atoms with van der Waals surface area (Å²) in [6.45, 7) is 4.15. The number of rotatable bonds is 7. The normalized spacial score (nSPS) is 16.3. The van der Waals surface area contributed by atoms with E-state index < -0.39 is 6.10 Å². The van der Waals surface area contributed by atoms with Crippen LogP contribution in [0.5, 0.6) is 0 Å². The summed E-state index contributed by atoms with van der Waals surface area (Å²) in [6, 6.07) is 8.68. The molecule has 1 aliphatic heterocycles. The van der Waals surface area contributed by atoms with Gasteiger partial charge in [0.25, 0.3) is 0 Å². The molecule has 20 heavy (non-hydrogen) atoms. The standard InChI is InChI=1S/C16H26N2O2/c1-17(12-15(19)13-20-2)10-11-18-9-5-7-14-6-3-4-8-16(14)18/h3-4,6,8,15,19H,5,7,9-13H2,1-2H3. The van der Waals surface area contributed by atoms with Crippen LogP contribution in [0.4, 0.5) is 5.69 Å². The molecule has 112 valence electrons. The third-order valence-corrected chi connectivity index (χ3v) is 3.84. The Labute approximate surface area is 122 Å². The Bertz CT molecular complexity index is 411. The molecule has 0 aromatic heterocycles. The Hall–Kier alpha value is -1.10. The van der Waals surface area contributed by atoms with Gasteiger partial charge >= 0.3 is 0 Å². The Balaban J connectivity index is 1.83. The van der Waals surface area contributed by atoms with E-state index in [9.17, 15) is 5.11 Å². The monoisotopic (exact) mass is 278 g/mol. The van der Waals surface area contributed by atoms with Gasteiger partial charge in [0, 0.05) is 39.0 Å². The lowest BCUT2D eigenvalue weighted by molar-refractivity contribution is 0.0438. The topological polar surface area (TPSA) is 35.9 Å². The van der Waals surface area contributed by atoms with E-state index in [1.54, 1.807) is 7.11 Å². The van der Waals surface area contributed by atoms with Crippen molar-refractivity contribution in [3.8, 4) is 0 Å².